The van der Waals surface area contributed by atoms with Crippen molar-refractivity contribution >= 4 is 17.2 Å². The molecule has 3 heteroatoms. The normalized spacial score (nSPS) is 10.3. The lowest BCUT2D eigenvalue weighted by Crippen LogP contribution is -2.13. The molecule has 0 aliphatic heterocycles. The predicted molar refractivity (Wildman–Crippen MR) is 67.4 cm³/mol. The molecule has 0 atom stereocenters. The Hall–Kier alpha value is -1.61. The summed E-state index contributed by atoms with van der Waals surface area (Å²) in [5, 5.41) is 0. The summed E-state index contributed by atoms with van der Waals surface area (Å²) in [7, 11) is 0. The molecule has 0 saturated carbocycles. The molecule has 1 aromatic heterocycles. The summed E-state index contributed by atoms with van der Waals surface area (Å²) < 4.78 is 0. The van der Waals surface area contributed by atoms with Gasteiger partial charge in [-0.25, -0.2) is 0 Å². The van der Waals surface area contributed by atoms with Crippen LogP contribution in [0.2, 0.25) is 0 Å². The number of hydrogen-bond donors (Lipinski definition) is 1. The molecule has 0 spiro atoms. The van der Waals surface area contributed by atoms with Gasteiger partial charge in [-0.2, -0.15) is 0 Å². The first-order chi connectivity index (χ1) is 7.66. The van der Waals surface area contributed by atoms with Crippen LogP contribution < -0.4 is 5.73 Å². The molecule has 2 aromatic rings. The average Bonchev–Trinajstić information content (AvgIpc) is 2.60. The smallest absolute Gasteiger partial charge is 0.222 e. The maximum atomic E-state index is 11.0. The fraction of sp³-hybridized carbons (Fsp3) is 0.154. The lowest BCUT2D eigenvalue weighted by Gasteiger charge is -2.01. The third-order valence-corrected chi connectivity index (χ3v) is 3.40. The van der Waals surface area contributed by atoms with Crippen LogP contribution in [0.15, 0.2) is 36.4 Å². The number of amides is 1. The zero-order valence-corrected chi connectivity index (χ0v) is 9.88. The summed E-state index contributed by atoms with van der Waals surface area (Å²) in [5.41, 5.74) is 7.52. The van der Waals surface area contributed by atoms with Crippen molar-refractivity contribution in [3.63, 3.8) is 0 Å². The van der Waals surface area contributed by atoms with Gasteiger partial charge >= 0.3 is 0 Å². The second-order valence-electron chi connectivity index (χ2n) is 3.70. The van der Waals surface area contributed by atoms with Gasteiger partial charge in [0, 0.05) is 9.75 Å². The van der Waals surface area contributed by atoms with Crippen LogP contribution in [-0.2, 0) is 11.2 Å². The van der Waals surface area contributed by atoms with E-state index in [9.17, 15) is 4.79 Å². The molecule has 0 fully saturated rings. The highest BCUT2D eigenvalue weighted by atomic mass is 32.1. The van der Waals surface area contributed by atoms with Gasteiger partial charge in [-0.1, -0.05) is 30.3 Å². The van der Waals surface area contributed by atoms with E-state index in [0.717, 1.165) is 16.0 Å². The van der Waals surface area contributed by atoms with E-state index >= 15 is 0 Å². The monoisotopic (exact) mass is 231 g/mol. The van der Waals surface area contributed by atoms with Gasteiger partial charge in [-0.3, -0.25) is 4.79 Å². The Kier molecular flexibility index (Phi) is 3.06. The van der Waals surface area contributed by atoms with Gasteiger partial charge in [0.05, 0.1) is 6.42 Å². The van der Waals surface area contributed by atoms with Crippen LogP contribution in [0.25, 0.3) is 11.1 Å². The van der Waals surface area contributed by atoms with Crippen molar-refractivity contribution in [2.45, 2.75) is 13.3 Å². The molecule has 82 valence electrons. The van der Waals surface area contributed by atoms with Gasteiger partial charge in [0.1, 0.15) is 0 Å². The molecule has 0 aliphatic carbocycles. The number of thiophene rings is 1. The first kappa shape index (κ1) is 10.9. The number of carbonyl (C=O) groups excluding carboxylic acids is 1. The summed E-state index contributed by atoms with van der Waals surface area (Å²) in [5.74, 6) is -0.279. The van der Waals surface area contributed by atoms with Crippen LogP contribution in [0.5, 0.6) is 0 Å². The van der Waals surface area contributed by atoms with E-state index in [-0.39, 0.29) is 5.91 Å². The fourth-order valence-corrected chi connectivity index (χ4v) is 2.78. The van der Waals surface area contributed by atoms with Crippen LogP contribution in [0, 0.1) is 6.92 Å². The van der Waals surface area contributed by atoms with Gasteiger partial charge in [-0.05, 0) is 24.1 Å². The minimum atomic E-state index is -0.279. The number of hydrogen-bond acceptors (Lipinski definition) is 2. The molecule has 0 bridgehead atoms. The highest BCUT2D eigenvalue weighted by Crippen LogP contribution is 2.31. The molecule has 0 aliphatic rings. The van der Waals surface area contributed by atoms with E-state index in [2.05, 4.69) is 6.07 Å². The Bertz CT molecular complexity index is 502. The van der Waals surface area contributed by atoms with Gasteiger partial charge in [-0.15, -0.1) is 11.3 Å². The van der Waals surface area contributed by atoms with Crippen molar-refractivity contribution in [1.29, 1.82) is 0 Å². The van der Waals surface area contributed by atoms with Gasteiger partial charge < -0.3 is 5.73 Å². The molecule has 0 radical (unpaired) electrons. The van der Waals surface area contributed by atoms with Crippen molar-refractivity contribution in [1.82, 2.24) is 0 Å². The van der Waals surface area contributed by atoms with Crippen LogP contribution in [-0.4, -0.2) is 5.91 Å². The lowest BCUT2D eigenvalue weighted by atomic mass is 10.1. The molecule has 2 nitrogen and oxygen atoms in total. The summed E-state index contributed by atoms with van der Waals surface area (Å²) in [6.07, 6.45) is 0.322. The largest absolute Gasteiger partial charge is 0.369 e. The van der Waals surface area contributed by atoms with Crippen LogP contribution >= 0.6 is 11.3 Å². The van der Waals surface area contributed by atoms with Crippen LogP contribution in [0.4, 0.5) is 0 Å². The van der Waals surface area contributed by atoms with Gasteiger partial charge in [0.2, 0.25) is 5.91 Å². The summed E-state index contributed by atoms with van der Waals surface area (Å²) in [4.78, 5) is 13.2. The van der Waals surface area contributed by atoms with E-state index in [4.69, 9.17) is 5.73 Å². The summed E-state index contributed by atoms with van der Waals surface area (Å²) in [6.45, 7) is 2.04. The Morgan fingerprint density at radius 3 is 2.62 bits per heavy atom. The van der Waals surface area contributed by atoms with E-state index in [1.807, 2.05) is 37.3 Å². The number of carbonyl (C=O) groups is 1. The van der Waals surface area contributed by atoms with Crippen LogP contribution in [0.1, 0.15) is 9.75 Å². The SMILES string of the molecule is Cc1cc(-c2ccccc2)c(CC(N)=O)s1. The molecule has 1 amide bonds. The van der Waals surface area contributed by atoms with Gasteiger partial charge in [0.25, 0.3) is 0 Å². The number of primary amides is 1. The van der Waals surface area contributed by atoms with Crippen LogP contribution in [0.3, 0.4) is 0 Å². The Morgan fingerprint density at radius 2 is 2.00 bits per heavy atom. The maximum absolute atomic E-state index is 11.0. The van der Waals surface area contributed by atoms with E-state index in [1.54, 1.807) is 11.3 Å². The highest BCUT2D eigenvalue weighted by molar-refractivity contribution is 7.12. The number of benzene rings is 1. The number of nitrogens with two attached hydrogens (primary N) is 1. The Balaban J connectivity index is 2.44. The third-order valence-electron chi connectivity index (χ3n) is 2.35. The van der Waals surface area contributed by atoms with Crippen molar-refractivity contribution in [3.05, 3.63) is 46.2 Å². The minimum absolute atomic E-state index is 0.279. The molecular weight excluding hydrogens is 218 g/mol. The second kappa shape index (κ2) is 4.49. The van der Waals surface area contributed by atoms with Crippen molar-refractivity contribution in [2.75, 3.05) is 0 Å². The van der Waals surface area contributed by atoms with Crippen molar-refractivity contribution < 1.29 is 4.79 Å². The molecule has 1 aromatic carbocycles. The molecule has 2 rings (SSSR count). The summed E-state index contributed by atoms with van der Waals surface area (Å²) >= 11 is 1.64. The third kappa shape index (κ3) is 2.31. The number of aryl methyl sites for hydroxylation is 1. The second-order valence-corrected chi connectivity index (χ2v) is 5.04. The minimum Gasteiger partial charge on any atom is -0.369 e. The van der Waals surface area contributed by atoms with Crippen molar-refractivity contribution in [2.24, 2.45) is 5.73 Å². The first-order valence-corrected chi connectivity index (χ1v) is 5.91. The fourth-order valence-electron chi connectivity index (χ4n) is 1.71. The first-order valence-electron chi connectivity index (χ1n) is 5.10. The molecule has 2 N–H and O–H groups in total. The highest BCUT2D eigenvalue weighted by Gasteiger charge is 2.10. The maximum Gasteiger partial charge on any atom is 0.222 e. The lowest BCUT2D eigenvalue weighted by molar-refractivity contribution is -0.117. The van der Waals surface area contributed by atoms with E-state index in [0.29, 0.717) is 6.42 Å². The molecule has 0 saturated heterocycles. The molecule has 1 heterocycles. The van der Waals surface area contributed by atoms with E-state index < -0.39 is 0 Å². The molecule has 16 heavy (non-hydrogen) atoms. The molecule has 0 unspecified atom stereocenters. The quantitative estimate of drug-likeness (QED) is 0.867. The Morgan fingerprint density at radius 1 is 1.31 bits per heavy atom. The zero-order valence-electron chi connectivity index (χ0n) is 9.07. The van der Waals surface area contributed by atoms with Crippen molar-refractivity contribution in [3.8, 4) is 11.1 Å². The van der Waals surface area contributed by atoms with E-state index in [1.165, 1.54) is 4.88 Å². The zero-order chi connectivity index (χ0) is 11.5. The standard InChI is InChI=1S/C13H13NOS/c1-9-7-11(10-5-3-2-4-6-10)12(16-9)8-13(14)15/h2-7H,8H2,1H3,(H2,14,15). The average molecular weight is 231 g/mol. The topological polar surface area (TPSA) is 43.1 Å². The number of rotatable bonds is 3. The Labute approximate surface area is 98.7 Å². The molecular formula is C13H13NOS. The van der Waals surface area contributed by atoms with Gasteiger partial charge in [0.15, 0.2) is 0 Å². The predicted octanol–water partition coefficient (Wildman–Crippen LogP) is 2.75. The summed E-state index contributed by atoms with van der Waals surface area (Å²) in [6, 6.07) is 12.2.